The smallest absolute Gasteiger partial charge is 0.328 e. The van der Waals surface area contributed by atoms with Crippen LogP contribution in [-0.2, 0) is 11.3 Å². The monoisotopic (exact) mass is 342 g/mol. The lowest BCUT2D eigenvalue weighted by Crippen LogP contribution is -2.26. The number of rotatable bonds is 6. The average molecular weight is 342 g/mol. The van der Waals surface area contributed by atoms with Crippen LogP contribution in [0.2, 0.25) is 0 Å². The van der Waals surface area contributed by atoms with Gasteiger partial charge in [0.25, 0.3) is 0 Å². The third-order valence-corrected chi connectivity index (χ3v) is 4.04. The van der Waals surface area contributed by atoms with Crippen LogP contribution in [0, 0.1) is 5.82 Å². The second kappa shape index (κ2) is 7.85. The lowest BCUT2D eigenvalue weighted by molar-refractivity contribution is -0.131. The summed E-state index contributed by atoms with van der Waals surface area (Å²) < 4.78 is 13.7. The molecule has 1 aromatic carbocycles. The number of carbonyl (C=O) groups is 1. The molecule has 1 aromatic heterocycles. The Morgan fingerprint density at radius 1 is 1.36 bits per heavy atom. The van der Waals surface area contributed by atoms with Gasteiger partial charge in [0.05, 0.1) is 18.1 Å². The Morgan fingerprint density at radius 2 is 2.20 bits per heavy atom. The zero-order valence-electron chi connectivity index (χ0n) is 13.6. The molecule has 1 aliphatic rings. The Labute approximate surface area is 145 Å². The van der Waals surface area contributed by atoms with Gasteiger partial charge >= 0.3 is 5.97 Å². The van der Waals surface area contributed by atoms with Crippen molar-refractivity contribution in [2.75, 3.05) is 18.4 Å². The van der Waals surface area contributed by atoms with E-state index in [4.69, 9.17) is 5.11 Å². The molecular formula is C18H19FN4O2. The number of nitrogens with one attached hydrogen (secondary N) is 1. The van der Waals surface area contributed by atoms with Crippen LogP contribution in [0.4, 0.5) is 10.2 Å². The molecule has 6 nitrogen and oxygen atoms in total. The van der Waals surface area contributed by atoms with E-state index in [1.165, 1.54) is 18.3 Å². The summed E-state index contributed by atoms with van der Waals surface area (Å²) in [7, 11) is 0. The van der Waals surface area contributed by atoms with E-state index in [2.05, 4.69) is 20.2 Å². The molecule has 1 aliphatic heterocycles. The van der Waals surface area contributed by atoms with Gasteiger partial charge in [-0.15, -0.1) is 0 Å². The van der Waals surface area contributed by atoms with Crippen LogP contribution in [0.1, 0.15) is 17.7 Å². The molecule has 0 amide bonds. The summed E-state index contributed by atoms with van der Waals surface area (Å²) in [5.41, 5.74) is 1.19. The van der Waals surface area contributed by atoms with E-state index in [1.807, 2.05) is 12.1 Å². The van der Waals surface area contributed by atoms with Gasteiger partial charge < -0.3 is 10.4 Å². The Bertz CT molecular complexity index is 764. The van der Waals surface area contributed by atoms with E-state index < -0.39 is 5.97 Å². The van der Waals surface area contributed by atoms with E-state index in [9.17, 15) is 9.18 Å². The van der Waals surface area contributed by atoms with Crippen molar-refractivity contribution >= 4 is 17.9 Å². The van der Waals surface area contributed by atoms with Gasteiger partial charge in [-0.1, -0.05) is 18.2 Å². The molecule has 1 fully saturated rings. The third kappa shape index (κ3) is 4.84. The lowest BCUT2D eigenvalue weighted by Gasteiger charge is -2.17. The molecule has 2 N–H and O–H groups in total. The fourth-order valence-corrected chi connectivity index (χ4v) is 2.83. The van der Waals surface area contributed by atoms with E-state index in [1.54, 1.807) is 12.3 Å². The zero-order valence-corrected chi connectivity index (χ0v) is 13.6. The van der Waals surface area contributed by atoms with Gasteiger partial charge in [-0.3, -0.25) is 9.88 Å². The van der Waals surface area contributed by atoms with Crippen molar-refractivity contribution in [3.8, 4) is 0 Å². The molecule has 0 saturated carbocycles. The molecule has 1 saturated heterocycles. The Morgan fingerprint density at radius 3 is 2.92 bits per heavy atom. The molecule has 1 atom stereocenters. The minimum Gasteiger partial charge on any atom is -0.478 e. The number of aliphatic carboxylic acids is 1. The number of hydrogen-bond donors (Lipinski definition) is 2. The summed E-state index contributed by atoms with van der Waals surface area (Å²) in [6, 6.07) is 7.06. The first-order valence-electron chi connectivity index (χ1n) is 8.05. The summed E-state index contributed by atoms with van der Waals surface area (Å²) in [5, 5.41) is 11.9. The average Bonchev–Trinajstić information content (AvgIpc) is 3.03. The molecule has 25 heavy (non-hydrogen) atoms. The van der Waals surface area contributed by atoms with Crippen LogP contribution in [0.25, 0.3) is 6.08 Å². The number of carboxylic acid groups (broad SMARTS) is 1. The molecule has 2 heterocycles. The maximum Gasteiger partial charge on any atom is 0.328 e. The largest absolute Gasteiger partial charge is 0.478 e. The molecule has 0 radical (unpaired) electrons. The fourth-order valence-electron chi connectivity index (χ4n) is 2.83. The summed E-state index contributed by atoms with van der Waals surface area (Å²) in [5.74, 6) is -0.551. The number of aromatic nitrogens is 2. The van der Waals surface area contributed by atoms with Crippen LogP contribution >= 0.6 is 0 Å². The van der Waals surface area contributed by atoms with E-state index in [-0.39, 0.29) is 11.9 Å². The minimum absolute atomic E-state index is 0.171. The Kier molecular flexibility index (Phi) is 5.35. The van der Waals surface area contributed by atoms with Crippen molar-refractivity contribution in [2.24, 2.45) is 0 Å². The number of nitrogens with zero attached hydrogens (tertiary/aromatic N) is 3. The van der Waals surface area contributed by atoms with Crippen molar-refractivity contribution in [1.82, 2.24) is 14.9 Å². The van der Waals surface area contributed by atoms with Crippen molar-refractivity contribution in [3.05, 3.63) is 59.8 Å². The molecular weight excluding hydrogens is 323 g/mol. The summed E-state index contributed by atoms with van der Waals surface area (Å²) in [6.45, 7) is 2.28. The van der Waals surface area contributed by atoms with E-state index in [0.29, 0.717) is 23.6 Å². The number of hydrogen-bond acceptors (Lipinski definition) is 5. The van der Waals surface area contributed by atoms with Crippen LogP contribution in [0.15, 0.2) is 42.7 Å². The van der Waals surface area contributed by atoms with Crippen LogP contribution in [0.5, 0.6) is 0 Å². The van der Waals surface area contributed by atoms with Crippen molar-refractivity contribution < 1.29 is 14.3 Å². The maximum absolute atomic E-state index is 13.7. The predicted octanol–water partition coefficient (Wildman–Crippen LogP) is 2.40. The van der Waals surface area contributed by atoms with Gasteiger partial charge in [0.15, 0.2) is 0 Å². The second-order valence-electron chi connectivity index (χ2n) is 5.95. The topological polar surface area (TPSA) is 78.3 Å². The highest BCUT2D eigenvalue weighted by Gasteiger charge is 2.23. The normalized spacial score (nSPS) is 17.9. The molecule has 0 unspecified atom stereocenters. The first kappa shape index (κ1) is 17.0. The van der Waals surface area contributed by atoms with Gasteiger partial charge in [-0.05, 0) is 18.6 Å². The molecule has 7 heteroatoms. The van der Waals surface area contributed by atoms with Gasteiger partial charge in [-0.2, -0.15) is 0 Å². The Balaban J connectivity index is 1.53. The highest BCUT2D eigenvalue weighted by Crippen LogP contribution is 2.18. The number of likely N-dealkylation sites (tertiary alicyclic amines) is 1. The molecule has 130 valence electrons. The molecule has 0 aliphatic carbocycles. The van der Waals surface area contributed by atoms with Crippen LogP contribution < -0.4 is 5.32 Å². The number of halogens is 1. The minimum atomic E-state index is -1.02. The highest BCUT2D eigenvalue weighted by atomic mass is 19.1. The van der Waals surface area contributed by atoms with Crippen LogP contribution in [0.3, 0.4) is 0 Å². The van der Waals surface area contributed by atoms with Gasteiger partial charge in [0, 0.05) is 37.3 Å². The zero-order chi connectivity index (χ0) is 17.6. The third-order valence-electron chi connectivity index (χ3n) is 4.04. The number of carboxylic acids is 1. The molecule has 2 aromatic rings. The fraction of sp³-hybridized carbons (Fsp3) is 0.278. The molecule has 0 bridgehead atoms. The van der Waals surface area contributed by atoms with E-state index >= 15 is 0 Å². The summed E-state index contributed by atoms with van der Waals surface area (Å²) in [4.78, 5) is 21.1. The number of benzene rings is 1. The predicted molar refractivity (Wildman–Crippen MR) is 92.4 cm³/mol. The quantitative estimate of drug-likeness (QED) is 0.785. The molecule has 0 spiro atoms. The van der Waals surface area contributed by atoms with Gasteiger partial charge in [0.2, 0.25) is 0 Å². The standard InChI is InChI=1S/C18H19FN4O2/c19-16-4-2-1-3-13(16)11-23-8-7-15(12-23)22-17-10-20-14(9-21-17)5-6-18(24)25/h1-6,9-10,15H,7-8,11-12H2,(H,21,22)(H,24,25)/b6-5+/t15-/m1/s1. The molecule has 3 rings (SSSR count). The second-order valence-corrected chi connectivity index (χ2v) is 5.95. The first-order valence-corrected chi connectivity index (χ1v) is 8.05. The lowest BCUT2D eigenvalue weighted by atomic mass is 10.2. The number of anilines is 1. The van der Waals surface area contributed by atoms with Crippen molar-refractivity contribution in [3.63, 3.8) is 0 Å². The Hall–Kier alpha value is -2.80. The van der Waals surface area contributed by atoms with Crippen molar-refractivity contribution in [1.29, 1.82) is 0 Å². The summed E-state index contributed by atoms with van der Waals surface area (Å²) in [6.07, 6.45) is 6.46. The SMILES string of the molecule is O=C(O)/C=C/c1cnc(N[C@@H]2CCN(Cc3ccccc3F)C2)cn1. The van der Waals surface area contributed by atoms with Crippen molar-refractivity contribution in [2.45, 2.75) is 19.0 Å². The van der Waals surface area contributed by atoms with Gasteiger partial charge in [0.1, 0.15) is 11.6 Å². The maximum atomic E-state index is 13.7. The highest BCUT2D eigenvalue weighted by molar-refractivity contribution is 5.84. The van der Waals surface area contributed by atoms with E-state index in [0.717, 1.165) is 25.6 Å². The first-order chi connectivity index (χ1) is 12.1. The van der Waals surface area contributed by atoms with Gasteiger partial charge in [-0.25, -0.2) is 14.2 Å². The van der Waals surface area contributed by atoms with Crippen LogP contribution in [-0.4, -0.2) is 45.1 Å². The summed E-state index contributed by atoms with van der Waals surface area (Å²) >= 11 is 0.